The molecule has 1 N–H and O–H groups in total. The Morgan fingerprint density at radius 2 is 1.80 bits per heavy atom. The van der Waals surface area contributed by atoms with Crippen LogP contribution < -0.4 is 10.1 Å². The van der Waals surface area contributed by atoms with Crippen molar-refractivity contribution in [2.24, 2.45) is 11.8 Å². The lowest BCUT2D eigenvalue weighted by atomic mass is 10.1. The first-order valence-electron chi connectivity index (χ1n) is 6.75. The molecule has 2 saturated carbocycles. The number of hydrogen-bond donors (Lipinski definition) is 1. The van der Waals surface area contributed by atoms with Gasteiger partial charge in [0.25, 0.3) is 0 Å². The Labute approximate surface area is 130 Å². The van der Waals surface area contributed by atoms with Gasteiger partial charge in [0.1, 0.15) is 0 Å². The van der Waals surface area contributed by atoms with Crippen molar-refractivity contribution >= 4 is 33.2 Å². The largest absolute Gasteiger partial charge is 0.431 e. The van der Waals surface area contributed by atoms with Crippen LogP contribution in [0.5, 0.6) is 5.75 Å². The average Bonchev–Trinajstić information content (AvgIpc) is 3.24. The summed E-state index contributed by atoms with van der Waals surface area (Å²) < 4.78 is 30.2. The van der Waals surface area contributed by atoms with Gasteiger partial charge in [-0.25, -0.2) is 0 Å². The molecule has 6 heteroatoms. The molecule has 0 unspecified atom stereocenters. The summed E-state index contributed by atoms with van der Waals surface area (Å²) in [5, 5.41) is 3.88. The molecule has 0 aliphatic heterocycles. The van der Waals surface area contributed by atoms with E-state index in [-0.39, 0.29) is 5.75 Å². The minimum absolute atomic E-state index is 0.135. The standard InChI is InChI=1S/C14H15BrClF2NO/c15-10-5-9(16)6-11(13(10)20-14(17)18)19-12(7-1-2-7)8-3-4-8/h5-8,12,14,19H,1-4H2. The fraction of sp³-hybridized carbons (Fsp3) is 0.571. The number of hydrogen-bond acceptors (Lipinski definition) is 2. The van der Waals surface area contributed by atoms with Crippen LogP contribution in [-0.4, -0.2) is 12.7 Å². The Hall–Kier alpha value is -0.550. The lowest BCUT2D eigenvalue weighted by Crippen LogP contribution is -2.24. The summed E-state index contributed by atoms with van der Waals surface area (Å²) in [5.41, 5.74) is 0.550. The van der Waals surface area contributed by atoms with E-state index in [1.807, 2.05) is 0 Å². The van der Waals surface area contributed by atoms with Gasteiger partial charge in [-0.15, -0.1) is 0 Å². The van der Waals surface area contributed by atoms with Crippen LogP contribution in [0, 0.1) is 11.8 Å². The first-order chi connectivity index (χ1) is 9.54. The van der Waals surface area contributed by atoms with Crippen molar-refractivity contribution in [2.75, 3.05) is 5.32 Å². The van der Waals surface area contributed by atoms with Crippen LogP contribution in [0.25, 0.3) is 0 Å². The van der Waals surface area contributed by atoms with E-state index >= 15 is 0 Å². The molecule has 20 heavy (non-hydrogen) atoms. The van der Waals surface area contributed by atoms with E-state index in [1.165, 1.54) is 25.7 Å². The summed E-state index contributed by atoms with van der Waals surface area (Å²) in [7, 11) is 0. The highest BCUT2D eigenvalue weighted by Gasteiger charge is 2.41. The molecule has 0 aromatic heterocycles. The number of alkyl halides is 2. The van der Waals surface area contributed by atoms with Crippen molar-refractivity contribution in [1.82, 2.24) is 0 Å². The first-order valence-corrected chi connectivity index (χ1v) is 7.92. The monoisotopic (exact) mass is 365 g/mol. The van der Waals surface area contributed by atoms with Crippen LogP contribution in [0.2, 0.25) is 5.02 Å². The Bertz CT molecular complexity index is 494. The molecular weight excluding hydrogens is 352 g/mol. The Morgan fingerprint density at radius 1 is 1.20 bits per heavy atom. The second-order valence-corrected chi connectivity index (χ2v) is 6.78. The molecule has 0 radical (unpaired) electrons. The van der Waals surface area contributed by atoms with Crippen molar-refractivity contribution in [3.63, 3.8) is 0 Å². The Balaban J connectivity index is 1.85. The van der Waals surface area contributed by atoms with E-state index in [1.54, 1.807) is 12.1 Å². The highest BCUT2D eigenvalue weighted by molar-refractivity contribution is 9.10. The summed E-state index contributed by atoms with van der Waals surface area (Å²) >= 11 is 9.26. The molecular formula is C14H15BrClF2NO. The number of halogens is 4. The van der Waals surface area contributed by atoms with E-state index in [0.717, 1.165) is 0 Å². The number of nitrogens with one attached hydrogen (secondary N) is 1. The zero-order chi connectivity index (χ0) is 14.3. The number of benzene rings is 1. The SMILES string of the molecule is FC(F)Oc1c(Br)cc(Cl)cc1NC(C1CC1)C1CC1. The van der Waals surface area contributed by atoms with Gasteiger partial charge in [-0.2, -0.15) is 8.78 Å². The summed E-state index contributed by atoms with van der Waals surface area (Å²) in [6.45, 7) is -2.85. The van der Waals surface area contributed by atoms with E-state index < -0.39 is 6.61 Å². The van der Waals surface area contributed by atoms with Gasteiger partial charge in [0.05, 0.1) is 10.2 Å². The van der Waals surface area contributed by atoms with Crippen molar-refractivity contribution < 1.29 is 13.5 Å². The average molecular weight is 367 g/mol. The molecule has 2 nitrogen and oxygen atoms in total. The molecule has 0 atom stereocenters. The number of rotatable bonds is 6. The fourth-order valence-corrected chi connectivity index (χ4v) is 3.49. The van der Waals surface area contributed by atoms with Gasteiger partial charge in [-0.05, 0) is 65.6 Å². The molecule has 3 rings (SSSR count). The van der Waals surface area contributed by atoms with Crippen LogP contribution in [0.3, 0.4) is 0 Å². The van der Waals surface area contributed by atoms with Crippen molar-refractivity contribution in [2.45, 2.75) is 38.3 Å². The molecule has 0 heterocycles. The quantitative estimate of drug-likeness (QED) is 0.737. The van der Waals surface area contributed by atoms with Gasteiger partial charge in [-0.1, -0.05) is 11.6 Å². The maximum absolute atomic E-state index is 12.6. The molecule has 0 amide bonds. The van der Waals surface area contributed by atoms with Crippen molar-refractivity contribution in [3.05, 3.63) is 21.6 Å². The molecule has 2 aliphatic carbocycles. The van der Waals surface area contributed by atoms with Gasteiger partial charge in [0.15, 0.2) is 5.75 Å². The topological polar surface area (TPSA) is 21.3 Å². The smallest absolute Gasteiger partial charge is 0.387 e. The highest BCUT2D eigenvalue weighted by Crippen LogP contribution is 2.47. The molecule has 2 fully saturated rings. The first kappa shape index (κ1) is 14.4. The third kappa shape index (κ3) is 3.37. The molecule has 0 saturated heterocycles. The molecule has 0 bridgehead atoms. The van der Waals surface area contributed by atoms with E-state index in [4.69, 9.17) is 11.6 Å². The van der Waals surface area contributed by atoms with Gasteiger partial charge >= 0.3 is 6.61 Å². The minimum Gasteiger partial charge on any atom is -0.431 e. The van der Waals surface area contributed by atoms with E-state index in [0.29, 0.717) is 33.1 Å². The third-order valence-corrected chi connectivity index (χ3v) is 4.60. The molecule has 2 aliphatic rings. The number of anilines is 1. The number of ether oxygens (including phenoxy) is 1. The minimum atomic E-state index is -2.85. The summed E-state index contributed by atoms with van der Waals surface area (Å²) in [4.78, 5) is 0. The Morgan fingerprint density at radius 3 is 2.30 bits per heavy atom. The van der Waals surface area contributed by atoms with Gasteiger partial charge < -0.3 is 10.1 Å². The predicted octanol–water partition coefficient (Wildman–Crippen LogP) is 5.30. The maximum atomic E-state index is 12.6. The van der Waals surface area contributed by atoms with Gasteiger partial charge in [0.2, 0.25) is 0 Å². The van der Waals surface area contributed by atoms with Crippen LogP contribution >= 0.6 is 27.5 Å². The highest BCUT2D eigenvalue weighted by atomic mass is 79.9. The van der Waals surface area contributed by atoms with Crippen LogP contribution in [-0.2, 0) is 0 Å². The zero-order valence-electron chi connectivity index (χ0n) is 10.7. The Kier molecular flexibility index (Phi) is 4.09. The molecule has 1 aromatic carbocycles. The van der Waals surface area contributed by atoms with Crippen LogP contribution in [0.4, 0.5) is 14.5 Å². The second kappa shape index (κ2) is 5.68. The molecule has 1 aromatic rings. The van der Waals surface area contributed by atoms with Crippen molar-refractivity contribution in [3.8, 4) is 5.75 Å². The molecule has 110 valence electrons. The van der Waals surface area contributed by atoms with Gasteiger partial charge in [0, 0.05) is 11.1 Å². The second-order valence-electron chi connectivity index (χ2n) is 5.49. The van der Waals surface area contributed by atoms with E-state index in [2.05, 4.69) is 26.0 Å². The third-order valence-electron chi connectivity index (χ3n) is 3.80. The van der Waals surface area contributed by atoms with Crippen LogP contribution in [0.15, 0.2) is 16.6 Å². The lowest BCUT2D eigenvalue weighted by Gasteiger charge is -2.22. The van der Waals surface area contributed by atoms with E-state index in [9.17, 15) is 8.78 Å². The maximum Gasteiger partial charge on any atom is 0.387 e. The normalized spacial score (nSPS) is 18.7. The van der Waals surface area contributed by atoms with Crippen molar-refractivity contribution in [1.29, 1.82) is 0 Å². The summed E-state index contributed by atoms with van der Waals surface area (Å²) in [6, 6.07) is 3.57. The fourth-order valence-electron chi connectivity index (χ4n) is 2.59. The predicted molar refractivity (Wildman–Crippen MR) is 78.6 cm³/mol. The molecule has 0 spiro atoms. The van der Waals surface area contributed by atoms with Gasteiger partial charge in [-0.3, -0.25) is 0 Å². The zero-order valence-corrected chi connectivity index (χ0v) is 13.1. The summed E-state index contributed by atoms with van der Waals surface area (Å²) in [5.74, 6) is 1.44. The lowest BCUT2D eigenvalue weighted by molar-refractivity contribution is -0.0499. The van der Waals surface area contributed by atoms with Crippen LogP contribution in [0.1, 0.15) is 25.7 Å². The summed E-state index contributed by atoms with van der Waals surface area (Å²) in [6.07, 6.45) is 4.84.